The van der Waals surface area contributed by atoms with Gasteiger partial charge < -0.3 is 14.4 Å². The van der Waals surface area contributed by atoms with Gasteiger partial charge in [0.25, 0.3) is 0 Å². The smallest absolute Gasteiger partial charge is 0.335 e. The van der Waals surface area contributed by atoms with E-state index in [-0.39, 0.29) is 25.3 Å². The van der Waals surface area contributed by atoms with Crippen LogP contribution in [-0.2, 0) is 11.3 Å². The lowest BCUT2D eigenvalue weighted by atomic mass is 10.1. The van der Waals surface area contributed by atoms with Gasteiger partial charge >= 0.3 is 5.97 Å². The normalized spacial score (nSPS) is 17.6. The summed E-state index contributed by atoms with van der Waals surface area (Å²) in [6, 6.07) is 4.62. The third kappa shape index (κ3) is 1.74. The Balaban J connectivity index is 2.01. The fourth-order valence-corrected chi connectivity index (χ4v) is 2.04. The maximum absolute atomic E-state index is 14.0. The van der Waals surface area contributed by atoms with Gasteiger partial charge in [0, 0.05) is 0 Å². The monoisotopic (exact) mass is 250 g/mol. The van der Waals surface area contributed by atoms with Gasteiger partial charge in [-0.15, -0.1) is 0 Å². The SMILES string of the molecule is O=C(O)c1ccc2ncn(CC3(F)COC3)c2c1. The summed E-state index contributed by atoms with van der Waals surface area (Å²) < 4.78 is 20.5. The fraction of sp³-hybridized carbons (Fsp3) is 0.333. The highest BCUT2D eigenvalue weighted by atomic mass is 19.1. The van der Waals surface area contributed by atoms with Crippen molar-refractivity contribution in [2.75, 3.05) is 13.2 Å². The molecule has 1 aromatic heterocycles. The van der Waals surface area contributed by atoms with Crippen LogP contribution in [0.5, 0.6) is 0 Å². The van der Waals surface area contributed by atoms with E-state index in [0.717, 1.165) is 0 Å². The molecule has 1 aromatic carbocycles. The van der Waals surface area contributed by atoms with E-state index in [9.17, 15) is 9.18 Å². The molecular formula is C12H11FN2O3. The van der Waals surface area contributed by atoms with Crippen LogP contribution in [0.1, 0.15) is 10.4 Å². The van der Waals surface area contributed by atoms with Crippen molar-refractivity contribution in [2.24, 2.45) is 0 Å². The summed E-state index contributed by atoms with van der Waals surface area (Å²) in [4.78, 5) is 15.0. The number of hydrogen-bond donors (Lipinski definition) is 1. The highest BCUT2D eigenvalue weighted by Crippen LogP contribution is 2.26. The van der Waals surface area contributed by atoms with Crippen molar-refractivity contribution in [1.29, 1.82) is 0 Å². The number of aromatic carboxylic acids is 1. The predicted octanol–water partition coefficient (Wildman–Crippen LogP) is 1.47. The fourth-order valence-electron chi connectivity index (χ4n) is 2.04. The van der Waals surface area contributed by atoms with Gasteiger partial charge in [-0.2, -0.15) is 0 Å². The van der Waals surface area contributed by atoms with Gasteiger partial charge in [0.2, 0.25) is 0 Å². The Labute approximate surface area is 102 Å². The lowest BCUT2D eigenvalue weighted by Crippen LogP contribution is -2.48. The molecule has 1 saturated heterocycles. The Bertz CT molecular complexity index is 619. The molecule has 18 heavy (non-hydrogen) atoms. The van der Waals surface area contributed by atoms with Crippen LogP contribution >= 0.6 is 0 Å². The molecule has 1 aliphatic heterocycles. The van der Waals surface area contributed by atoms with E-state index in [1.807, 2.05) is 0 Å². The molecule has 5 nitrogen and oxygen atoms in total. The van der Waals surface area contributed by atoms with Crippen molar-refractivity contribution in [3.63, 3.8) is 0 Å². The number of imidazole rings is 1. The summed E-state index contributed by atoms with van der Waals surface area (Å²) in [5.74, 6) is -1.01. The number of halogens is 1. The summed E-state index contributed by atoms with van der Waals surface area (Å²) in [6.07, 6.45) is 1.52. The quantitative estimate of drug-likeness (QED) is 0.896. The molecule has 0 bridgehead atoms. The molecule has 2 aromatic rings. The molecule has 94 valence electrons. The third-order valence-corrected chi connectivity index (χ3v) is 3.04. The van der Waals surface area contributed by atoms with E-state index >= 15 is 0 Å². The molecule has 0 unspecified atom stereocenters. The van der Waals surface area contributed by atoms with Gasteiger partial charge in [-0.05, 0) is 18.2 Å². The molecule has 3 rings (SSSR count). The van der Waals surface area contributed by atoms with Gasteiger partial charge in [0.05, 0.1) is 42.7 Å². The number of alkyl halides is 1. The average molecular weight is 250 g/mol. The van der Waals surface area contributed by atoms with Crippen molar-refractivity contribution in [2.45, 2.75) is 12.2 Å². The number of carboxylic acid groups (broad SMARTS) is 1. The molecule has 0 spiro atoms. The Morgan fingerprint density at radius 3 is 2.94 bits per heavy atom. The van der Waals surface area contributed by atoms with Crippen LogP contribution in [0.3, 0.4) is 0 Å². The number of ether oxygens (including phenoxy) is 1. The Morgan fingerprint density at radius 2 is 2.33 bits per heavy atom. The zero-order valence-corrected chi connectivity index (χ0v) is 9.47. The van der Waals surface area contributed by atoms with Crippen LogP contribution in [0.4, 0.5) is 4.39 Å². The number of carbonyl (C=O) groups is 1. The molecule has 6 heteroatoms. The van der Waals surface area contributed by atoms with E-state index in [4.69, 9.17) is 9.84 Å². The summed E-state index contributed by atoms with van der Waals surface area (Å²) >= 11 is 0. The summed E-state index contributed by atoms with van der Waals surface area (Å²) in [5, 5.41) is 8.94. The number of rotatable bonds is 3. The van der Waals surface area contributed by atoms with E-state index in [1.165, 1.54) is 18.5 Å². The van der Waals surface area contributed by atoms with Gasteiger partial charge in [-0.3, -0.25) is 0 Å². The predicted molar refractivity (Wildman–Crippen MR) is 61.4 cm³/mol. The van der Waals surface area contributed by atoms with E-state index in [1.54, 1.807) is 10.6 Å². The third-order valence-electron chi connectivity index (χ3n) is 3.04. The molecule has 1 aliphatic rings. The van der Waals surface area contributed by atoms with Crippen LogP contribution in [0.15, 0.2) is 24.5 Å². The number of aromatic nitrogens is 2. The highest BCUT2D eigenvalue weighted by Gasteiger charge is 2.39. The first kappa shape index (κ1) is 11.2. The van der Waals surface area contributed by atoms with Crippen LogP contribution in [0, 0.1) is 0 Å². The number of fused-ring (bicyclic) bond motifs is 1. The summed E-state index contributed by atoms with van der Waals surface area (Å²) in [5.41, 5.74) is 0.0806. The molecule has 0 atom stereocenters. The first-order valence-corrected chi connectivity index (χ1v) is 5.52. The first-order chi connectivity index (χ1) is 8.57. The van der Waals surface area contributed by atoms with Gasteiger partial charge in [-0.1, -0.05) is 0 Å². The highest BCUT2D eigenvalue weighted by molar-refractivity contribution is 5.92. The first-order valence-electron chi connectivity index (χ1n) is 5.52. The second-order valence-electron chi connectivity index (χ2n) is 4.52. The topological polar surface area (TPSA) is 64.3 Å². The van der Waals surface area contributed by atoms with Gasteiger partial charge in [-0.25, -0.2) is 14.2 Å². The van der Waals surface area contributed by atoms with Crippen LogP contribution in [-0.4, -0.2) is 39.5 Å². The molecule has 0 aliphatic carbocycles. The number of hydrogen-bond acceptors (Lipinski definition) is 3. The van der Waals surface area contributed by atoms with Gasteiger partial charge in [0.15, 0.2) is 5.67 Å². The molecule has 2 heterocycles. The minimum absolute atomic E-state index is 0.0747. The lowest BCUT2D eigenvalue weighted by molar-refractivity contribution is -0.137. The Hall–Kier alpha value is -1.95. The van der Waals surface area contributed by atoms with E-state index in [2.05, 4.69) is 4.98 Å². The molecule has 1 N–H and O–H groups in total. The number of benzene rings is 1. The molecule has 0 amide bonds. The standard InChI is InChI=1S/C12H11FN2O3/c13-12(5-18-6-12)4-15-7-14-9-2-1-8(11(16)17)3-10(9)15/h1-3,7H,4-6H2,(H,16,17). The minimum atomic E-state index is -1.37. The minimum Gasteiger partial charge on any atom is -0.478 e. The van der Waals surface area contributed by atoms with Crippen molar-refractivity contribution < 1.29 is 19.0 Å². The lowest BCUT2D eigenvalue weighted by Gasteiger charge is -2.33. The van der Waals surface area contributed by atoms with Crippen LogP contribution in [0.2, 0.25) is 0 Å². The molecule has 0 saturated carbocycles. The van der Waals surface area contributed by atoms with Crippen molar-refractivity contribution in [3.05, 3.63) is 30.1 Å². The maximum atomic E-state index is 14.0. The van der Waals surface area contributed by atoms with E-state index < -0.39 is 11.6 Å². The van der Waals surface area contributed by atoms with Crippen molar-refractivity contribution >= 4 is 17.0 Å². The van der Waals surface area contributed by atoms with Crippen molar-refractivity contribution in [3.8, 4) is 0 Å². The Kier molecular flexibility index (Phi) is 2.34. The zero-order chi connectivity index (χ0) is 12.8. The zero-order valence-electron chi connectivity index (χ0n) is 9.47. The van der Waals surface area contributed by atoms with Crippen LogP contribution in [0.25, 0.3) is 11.0 Å². The molecule has 1 fully saturated rings. The number of carboxylic acids is 1. The largest absolute Gasteiger partial charge is 0.478 e. The second kappa shape index (κ2) is 3.78. The molecular weight excluding hydrogens is 239 g/mol. The van der Waals surface area contributed by atoms with Crippen LogP contribution < -0.4 is 0 Å². The average Bonchev–Trinajstić information content (AvgIpc) is 2.69. The summed E-state index contributed by atoms with van der Waals surface area (Å²) in [7, 11) is 0. The number of nitrogens with zero attached hydrogens (tertiary/aromatic N) is 2. The molecule has 0 radical (unpaired) electrons. The van der Waals surface area contributed by atoms with Gasteiger partial charge in [0.1, 0.15) is 0 Å². The van der Waals surface area contributed by atoms with Crippen molar-refractivity contribution in [1.82, 2.24) is 9.55 Å². The van der Waals surface area contributed by atoms with E-state index in [0.29, 0.717) is 11.0 Å². The Morgan fingerprint density at radius 1 is 1.56 bits per heavy atom. The maximum Gasteiger partial charge on any atom is 0.335 e. The second-order valence-corrected chi connectivity index (χ2v) is 4.52. The summed E-state index contributed by atoms with van der Waals surface area (Å²) in [6.45, 7) is 0.281.